The van der Waals surface area contributed by atoms with Gasteiger partial charge in [-0.05, 0) is 73.5 Å². The second-order valence-corrected chi connectivity index (χ2v) is 10.4. The van der Waals surface area contributed by atoms with Crippen molar-refractivity contribution >= 4 is 51.5 Å². The number of para-hydroxylation sites is 1. The van der Waals surface area contributed by atoms with Gasteiger partial charge in [-0.1, -0.05) is 54.1 Å². The molecule has 1 aromatic heterocycles. The lowest BCUT2D eigenvalue weighted by Crippen LogP contribution is -2.36. The van der Waals surface area contributed by atoms with Crippen LogP contribution in [0.3, 0.4) is 0 Å². The van der Waals surface area contributed by atoms with Crippen molar-refractivity contribution in [1.29, 1.82) is 0 Å². The number of thioether (sulfide) groups is 1. The van der Waals surface area contributed by atoms with E-state index in [2.05, 4.69) is 41.1 Å². The van der Waals surface area contributed by atoms with E-state index in [0.29, 0.717) is 17.1 Å². The third-order valence-corrected chi connectivity index (χ3v) is 7.17. The molecule has 0 bridgehead atoms. The topological polar surface area (TPSA) is 71.4 Å². The van der Waals surface area contributed by atoms with Gasteiger partial charge >= 0.3 is 0 Å². The van der Waals surface area contributed by atoms with E-state index in [1.54, 1.807) is 6.08 Å². The zero-order chi connectivity index (χ0) is 26.1. The molecule has 37 heavy (non-hydrogen) atoms. The molecule has 0 atom stereocenters. The van der Waals surface area contributed by atoms with E-state index in [-0.39, 0.29) is 6.54 Å². The van der Waals surface area contributed by atoms with Gasteiger partial charge in [0, 0.05) is 34.9 Å². The van der Waals surface area contributed by atoms with E-state index in [1.165, 1.54) is 11.1 Å². The van der Waals surface area contributed by atoms with Crippen LogP contribution in [0.2, 0.25) is 0 Å². The minimum absolute atomic E-state index is 0.308. The van der Waals surface area contributed by atoms with Gasteiger partial charge in [0.1, 0.15) is 6.54 Å². The average molecular weight is 510 g/mol. The third-order valence-electron chi connectivity index (χ3n) is 6.26. The van der Waals surface area contributed by atoms with Gasteiger partial charge in [-0.3, -0.25) is 19.3 Å². The lowest BCUT2D eigenvalue weighted by atomic mass is 10.1. The molecule has 7 heteroatoms. The second kappa shape index (κ2) is 10.1. The van der Waals surface area contributed by atoms with Gasteiger partial charge < -0.3 is 9.88 Å². The summed E-state index contributed by atoms with van der Waals surface area (Å²) in [5.74, 6) is -0.871. The number of rotatable bonds is 6. The van der Waals surface area contributed by atoms with Crippen molar-refractivity contribution < 1.29 is 14.4 Å². The summed E-state index contributed by atoms with van der Waals surface area (Å²) in [5.41, 5.74) is 6.96. The highest BCUT2D eigenvalue weighted by Crippen LogP contribution is 2.34. The summed E-state index contributed by atoms with van der Waals surface area (Å²) in [6.45, 7) is 6.31. The monoisotopic (exact) mass is 509 g/mol. The standard InChI is InChI=1S/C30H27N3O3S/c1-19-8-10-22(11-9-19)16-32-17-23(25-6-4-5-7-26(25)32)15-27-29(35)33(30(36)37-27)18-28(34)31-24-13-20(2)12-21(3)14-24/h4-15,17H,16,18H2,1-3H3,(H,31,34)/b27-15-. The summed E-state index contributed by atoms with van der Waals surface area (Å²) in [5, 5.41) is 3.34. The van der Waals surface area contributed by atoms with Crippen molar-refractivity contribution in [2.75, 3.05) is 11.9 Å². The Morgan fingerprint density at radius 1 is 0.919 bits per heavy atom. The number of aryl methyl sites for hydroxylation is 3. The van der Waals surface area contributed by atoms with Gasteiger partial charge in [-0.2, -0.15) is 0 Å². The number of nitrogens with one attached hydrogen (secondary N) is 1. The summed E-state index contributed by atoms with van der Waals surface area (Å²) in [4.78, 5) is 39.7. The Morgan fingerprint density at radius 2 is 1.62 bits per heavy atom. The van der Waals surface area contributed by atoms with Gasteiger partial charge in [0.25, 0.3) is 11.1 Å². The minimum Gasteiger partial charge on any atom is -0.342 e. The Morgan fingerprint density at radius 3 is 2.35 bits per heavy atom. The first kappa shape index (κ1) is 24.6. The maximum absolute atomic E-state index is 13.1. The molecule has 0 aliphatic carbocycles. The Balaban J connectivity index is 1.36. The Hall–Kier alpha value is -4.10. The summed E-state index contributed by atoms with van der Waals surface area (Å²) >= 11 is 0.862. The SMILES string of the molecule is Cc1ccc(Cn2cc(/C=C3\SC(=O)N(CC(=O)Nc4cc(C)cc(C)c4)C3=O)c3ccccc32)cc1. The predicted molar refractivity (Wildman–Crippen MR) is 149 cm³/mol. The quantitative estimate of drug-likeness (QED) is 0.310. The molecule has 1 aliphatic rings. The number of imide groups is 1. The summed E-state index contributed by atoms with van der Waals surface area (Å²) in [6.07, 6.45) is 3.76. The molecular weight excluding hydrogens is 482 g/mol. The Labute approximate surface area is 220 Å². The van der Waals surface area contributed by atoms with Crippen LogP contribution < -0.4 is 5.32 Å². The van der Waals surface area contributed by atoms with Gasteiger partial charge in [0.2, 0.25) is 5.91 Å². The average Bonchev–Trinajstić information content (AvgIpc) is 3.32. The highest BCUT2D eigenvalue weighted by Gasteiger charge is 2.36. The van der Waals surface area contributed by atoms with Gasteiger partial charge in [0.05, 0.1) is 4.91 Å². The summed E-state index contributed by atoms with van der Waals surface area (Å²) in [7, 11) is 0. The van der Waals surface area contributed by atoms with Crippen LogP contribution >= 0.6 is 11.8 Å². The first-order valence-corrected chi connectivity index (χ1v) is 12.9. The largest absolute Gasteiger partial charge is 0.342 e. The molecule has 4 aromatic rings. The molecule has 0 spiro atoms. The van der Waals surface area contributed by atoms with Crippen molar-refractivity contribution in [2.45, 2.75) is 27.3 Å². The number of nitrogens with zero attached hydrogens (tertiary/aromatic N) is 2. The van der Waals surface area contributed by atoms with E-state index in [4.69, 9.17) is 0 Å². The first-order valence-electron chi connectivity index (χ1n) is 12.0. The van der Waals surface area contributed by atoms with E-state index in [0.717, 1.165) is 44.3 Å². The van der Waals surface area contributed by atoms with Crippen molar-refractivity contribution in [1.82, 2.24) is 9.47 Å². The van der Waals surface area contributed by atoms with Crippen LogP contribution in [0.5, 0.6) is 0 Å². The molecule has 1 saturated heterocycles. The van der Waals surface area contributed by atoms with E-state index < -0.39 is 17.1 Å². The number of carbonyl (C=O) groups excluding carboxylic acids is 3. The number of anilines is 1. The number of aromatic nitrogens is 1. The fourth-order valence-corrected chi connectivity index (χ4v) is 5.41. The number of hydrogen-bond donors (Lipinski definition) is 1. The van der Waals surface area contributed by atoms with Crippen LogP contribution in [0.15, 0.2) is 77.8 Å². The van der Waals surface area contributed by atoms with Crippen molar-refractivity contribution in [3.8, 4) is 0 Å². The van der Waals surface area contributed by atoms with Crippen LogP contribution in [0.4, 0.5) is 10.5 Å². The number of carbonyl (C=O) groups is 3. The Kier molecular flexibility index (Phi) is 6.72. The molecule has 1 N–H and O–H groups in total. The zero-order valence-electron chi connectivity index (χ0n) is 20.9. The van der Waals surface area contributed by atoms with Crippen LogP contribution in [0.25, 0.3) is 17.0 Å². The molecule has 5 rings (SSSR count). The molecule has 3 amide bonds. The normalized spacial score (nSPS) is 14.7. The maximum atomic E-state index is 13.1. The summed E-state index contributed by atoms with van der Waals surface area (Å²) in [6, 6.07) is 22.1. The first-order chi connectivity index (χ1) is 17.8. The number of benzene rings is 3. The molecule has 0 unspecified atom stereocenters. The van der Waals surface area contributed by atoms with Gasteiger partial charge in [-0.25, -0.2) is 0 Å². The van der Waals surface area contributed by atoms with Crippen LogP contribution in [0.1, 0.15) is 27.8 Å². The fraction of sp³-hybridized carbons (Fsp3) is 0.167. The zero-order valence-corrected chi connectivity index (χ0v) is 21.8. The molecule has 0 radical (unpaired) electrons. The van der Waals surface area contributed by atoms with Crippen LogP contribution in [-0.2, 0) is 16.1 Å². The summed E-state index contributed by atoms with van der Waals surface area (Å²) < 4.78 is 2.15. The van der Waals surface area contributed by atoms with E-state index in [9.17, 15) is 14.4 Å². The van der Waals surface area contributed by atoms with Gasteiger partial charge in [0.15, 0.2) is 0 Å². The van der Waals surface area contributed by atoms with Crippen molar-refractivity contribution in [3.05, 3.63) is 106 Å². The van der Waals surface area contributed by atoms with Crippen molar-refractivity contribution in [3.63, 3.8) is 0 Å². The second-order valence-electron chi connectivity index (χ2n) is 9.41. The molecular formula is C30H27N3O3S. The van der Waals surface area contributed by atoms with Crippen LogP contribution in [-0.4, -0.2) is 33.1 Å². The van der Waals surface area contributed by atoms with E-state index in [1.807, 2.05) is 62.5 Å². The molecule has 1 fully saturated rings. The number of amides is 3. The minimum atomic E-state index is -0.457. The molecule has 0 saturated carbocycles. The number of hydrogen-bond acceptors (Lipinski definition) is 4. The molecule has 6 nitrogen and oxygen atoms in total. The van der Waals surface area contributed by atoms with E-state index >= 15 is 0 Å². The van der Waals surface area contributed by atoms with Crippen molar-refractivity contribution in [2.24, 2.45) is 0 Å². The maximum Gasteiger partial charge on any atom is 0.294 e. The number of fused-ring (bicyclic) bond motifs is 1. The predicted octanol–water partition coefficient (Wildman–Crippen LogP) is 6.29. The van der Waals surface area contributed by atoms with Gasteiger partial charge in [-0.15, -0.1) is 0 Å². The fourth-order valence-electron chi connectivity index (χ4n) is 4.58. The molecule has 186 valence electrons. The lowest BCUT2D eigenvalue weighted by Gasteiger charge is -2.13. The van der Waals surface area contributed by atoms with Crippen LogP contribution in [0, 0.1) is 20.8 Å². The highest BCUT2D eigenvalue weighted by molar-refractivity contribution is 8.18. The molecule has 3 aromatic carbocycles. The molecule has 1 aliphatic heterocycles. The Bertz CT molecular complexity index is 1550. The smallest absolute Gasteiger partial charge is 0.294 e. The lowest BCUT2D eigenvalue weighted by molar-refractivity contribution is -0.127. The highest BCUT2D eigenvalue weighted by atomic mass is 32.2. The third kappa shape index (κ3) is 5.37. The molecule has 2 heterocycles.